The Hall–Kier alpha value is -14.7. The molecule has 0 amide bonds. The van der Waals surface area contributed by atoms with Gasteiger partial charge >= 0.3 is 0 Å². The molecular formula is C92H98Cl4N26O11S2. The molecule has 2 atom stereocenters. The van der Waals surface area contributed by atoms with Gasteiger partial charge in [-0.2, -0.15) is 47.4 Å². The predicted molar refractivity (Wildman–Crippen MR) is 539 cm³/mol. The summed E-state index contributed by atoms with van der Waals surface area (Å²) in [5.74, 6) is 6.84. The highest BCUT2D eigenvalue weighted by molar-refractivity contribution is 7.59. The molecule has 43 heteroatoms. The van der Waals surface area contributed by atoms with Gasteiger partial charge in [-0.05, 0) is 138 Å². The number of benzene rings is 6. The molecule has 6 aromatic carbocycles. The van der Waals surface area contributed by atoms with E-state index in [1.807, 2.05) is 157 Å². The molecule has 0 saturated carbocycles. The van der Waals surface area contributed by atoms with Crippen LogP contribution in [0.25, 0.3) is 111 Å². The number of H-pyrrole nitrogens is 5. The zero-order valence-corrected chi connectivity index (χ0v) is 80.2. The predicted octanol–water partition coefficient (Wildman–Crippen LogP) is 15.4. The number of aromatic amines is 5. The van der Waals surface area contributed by atoms with Crippen molar-refractivity contribution in [2.75, 3.05) is 59.4 Å². The Morgan fingerprint density at radius 1 is 0.422 bits per heavy atom. The first-order valence-corrected chi connectivity index (χ1v) is 42.6. The summed E-state index contributed by atoms with van der Waals surface area (Å²) in [7, 11) is 9.61. The van der Waals surface area contributed by atoms with Gasteiger partial charge in [-0.25, -0.2) is 34.9 Å². The van der Waals surface area contributed by atoms with Gasteiger partial charge in [0.15, 0.2) is 6.29 Å². The Labute approximate surface area is 805 Å². The fourth-order valence-corrected chi connectivity index (χ4v) is 15.0. The number of nitrogens with two attached hydrogens (primary N) is 3. The van der Waals surface area contributed by atoms with E-state index in [1.165, 1.54) is 4.57 Å². The van der Waals surface area contributed by atoms with Crippen molar-refractivity contribution in [2.45, 2.75) is 92.9 Å². The highest BCUT2D eigenvalue weighted by Gasteiger charge is 2.27. The first-order valence-electron chi connectivity index (χ1n) is 41.4. The number of aldehydes is 1. The zero-order chi connectivity index (χ0) is 93.7. The van der Waals surface area contributed by atoms with Crippen molar-refractivity contribution in [1.82, 2.24) is 108 Å². The van der Waals surface area contributed by atoms with Gasteiger partial charge in [0.2, 0.25) is 0 Å². The van der Waals surface area contributed by atoms with Crippen molar-refractivity contribution < 1.29 is 33.2 Å². The van der Waals surface area contributed by atoms with Gasteiger partial charge in [-0.1, -0.05) is 59.1 Å². The summed E-state index contributed by atoms with van der Waals surface area (Å²) in [6.45, 7) is 15.0. The van der Waals surface area contributed by atoms with Crippen LogP contribution >= 0.6 is 74.2 Å². The maximum Gasteiger partial charge on any atom is 0.264 e. The van der Waals surface area contributed by atoms with Crippen LogP contribution in [0, 0.1) is 0 Å². The first-order chi connectivity index (χ1) is 63.8. The van der Waals surface area contributed by atoms with Crippen LogP contribution in [0.15, 0.2) is 202 Å². The van der Waals surface area contributed by atoms with Crippen molar-refractivity contribution in [2.24, 2.45) is 5.73 Å². The van der Waals surface area contributed by atoms with Crippen LogP contribution in [-0.2, 0) is 39.3 Å². The number of hydrogen-bond acceptors (Lipinski definition) is 26. The summed E-state index contributed by atoms with van der Waals surface area (Å²) in [4.78, 5) is 109. The topological polar surface area (TPSA) is 481 Å². The Morgan fingerprint density at radius 3 is 1.21 bits per heavy atom. The number of fused-ring (bicyclic) bond motifs is 7. The van der Waals surface area contributed by atoms with Crippen LogP contribution < -0.4 is 73.2 Å². The molecule has 19 aromatic rings. The number of aryl methyl sites for hydroxylation is 4. The molecule has 12 N–H and O–H groups in total. The number of nitrogen functional groups attached to an aromatic ring is 2. The lowest BCUT2D eigenvalue weighted by molar-refractivity contribution is 0.112. The molecule has 0 spiro atoms. The molecule has 0 bridgehead atoms. The number of nitrogens with one attached hydrogen (secondary N) is 6. The summed E-state index contributed by atoms with van der Waals surface area (Å²) >= 11 is 19.4. The number of methoxy groups -OCH3 is 6. The van der Waals surface area contributed by atoms with E-state index in [1.54, 1.807) is 133 Å². The number of carbonyl (C=O) groups excluding carboxylic acids is 1. The maximum atomic E-state index is 13.8. The smallest absolute Gasteiger partial charge is 0.264 e. The molecule has 13 heterocycles. The van der Waals surface area contributed by atoms with Crippen molar-refractivity contribution in [1.29, 1.82) is 0 Å². The van der Waals surface area contributed by atoms with Crippen LogP contribution in [0.4, 0.5) is 17.1 Å². The monoisotopic (exact) mass is 1950 g/mol. The van der Waals surface area contributed by atoms with Crippen LogP contribution in [0.5, 0.6) is 34.5 Å². The molecule has 0 unspecified atom stereocenters. The molecule has 0 saturated heterocycles. The van der Waals surface area contributed by atoms with Crippen molar-refractivity contribution in [3.8, 4) is 68.7 Å². The molecule has 0 fully saturated rings. The number of pyridine rings is 4. The Balaban J connectivity index is 0.000000162. The fourth-order valence-electron chi connectivity index (χ4n) is 14.1. The quantitative estimate of drug-likeness (QED) is 0.0225. The average molecular weight is 1950 g/mol. The molecule has 0 aliphatic rings. The average Bonchev–Trinajstić information content (AvgIpc) is 1.56. The van der Waals surface area contributed by atoms with Crippen LogP contribution in [0.2, 0.25) is 15.1 Å². The lowest BCUT2D eigenvalue weighted by Gasteiger charge is -2.16. The number of ether oxygens (including phenoxy) is 6. The normalized spacial score (nSPS) is 11.3. The van der Waals surface area contributed by atoms with Gasteiger partial charge in [-0.15, -0.1) is 12.4 Å². The molecular weight excluding hydrogens is 1850 g/mol. The van der Waals surface area contributed by atoms with E-state index >= 15 is 0 Å². The van der Waals surface area contributed by atoms with Gasteiger partial charge in [0.05, 0.1) is 155 Å². The SMILES string of the molecule is CCn1cc2[nH]c(=O)c(-c3nc4ccc(OC)cc4[nH]3)c(Cl)c2n1.CCn1cc2[nH]c(=O)c(-c3nc4ccc(OC)cc4[nH]3)c(N[C@@H](C)c3ncccn3)c2n1.CCn1cc2c(n1)c(Cl)c(-c1nc3ccc(OC)cc3[nH]1)c(=O)n2Cc1ccc(OC)cc1.CCn1cc2c(n1)c(Cl)c(C=O)c(=O)n2Cc1ccc(OC)cc1.COc1ccc(N)c(N)c1.C[C@H](N)c1ncccn1.Cl.S.S. The Bertz CT molecular complexity index is 7630. The Morgan fingerprint density at radius 2 is 0.785 bits per heavy atom. The van der Waals surface area contributed by atoms with Gasteiger partial charge < -0.3 is 85.0 Å². The van der Waals surface area contributed by atoms with E-state index in [9.17, 15) is 24.0 Å². The highest BCUT2D eigenvalue weighted by Crippen LogP contribution is 2.37. The van der Waals surface area contributed by atoms with Crippen molar-refractivity contribution in [3.05, 3.63) is 268 Å². The van der Waals surface area contributed by atoms with E-state index in [0.717, 1.165) is 56.0 Å². The second-order valence-corrected chi connectivity index (χ2v) is 30.7. The van der Waals surface area contributed by atoms with Crippen molar-refractivity contribution in [3.63, 3.8) is 0 Å². The number of nitrogens with zero attached hydrogens (tertiary/aromatic N) is 17. The number of anilines is 3. The summed E-state index contributed by atoms with van der Waals surface area (Å²) in [6.07, 6.45) is 14.4. The summed E-state index contributed by atoms with van der Waals surface area (Å²) in [5, 5.41) is 22.1. The molecule has 702 valence electrons. The molecule has 0 radical (unpaired) electrons. The summed E-state index contributed by atoms with van der Waals surface area (Å²) in [5.41, 5.74) is 28.8. The number of aromatic nitrogens is 22. The van der Waals surface area contributed by atoms with E-state index < -0.39 is 5.56 Å². The molecule has 135 heavy (non-hydrogen) atoms. The lowest BCUT2D eigenvalue weighted by Crippen LogP contribution is -2.24. The van der Waals surface area contributed by atoms with Crippen LogP contribution in [0.1, 0.15) is 86.8 Å². The van der Waals surface area contributed by atoms with Crippen LogP contribution in [-0.4, -0.2) is 157 Å². The van der Waals surface area contributed by atoms with E-state index in [4.69, 9.17) is 80.4 Å². The first kappa shape index (κ1) is 101. The van der Waals surface area contributed by atoms with Gasteiger partial charge in [0, 0.05) is 100 Å². The van der Waals surface area contributed by atoms with Gasteiger partial charge in [-0.3, -0.25) is 42.7 Å². The number of halogens is 4. The third-order valence-corrected chi connectivity index (χ3v) is 22.2. The molecule has 19 rings (SSSR count). The minimum Gasteiger partial charge on any atom is -0.497 e. The highest BCUT2D eigenvalue weighted by atomic mass is 35.5. The second kappa shape index (κ2) is 45.1. The summed E-state index contributed by atoms with van der Waals surface area (Å²) < 4.78 is 41.3. The van der Waals surface area contributed by atoms with E-state index in [2.05, 4.69) is 85.5 Å². The molecule has 37 nitrogen and oxygen atoms in total. The standard InChI is InChI=1S/C24H22ClN5O3.C22H22N8O2.C17H16ClN3O3.C16H14ClN5O2.C7H10N2O.C6H9N3.ClH.2H2S/c1-4-29-13-19-22(28-29)21(25)20(23-26-17-10-9-16(33-3)11-18(17)27-23)24(31)30(19)12-14-5-7-15(32-2)8-6-14;1-4-30-11-16-18(29-30)19(25-12(2)20-23-8-5-9-24-20)17(22(31)28-16)21-26-14-7-6-13(32-3)10-15(14)27-21;1-3-20-9-14-16(19-20)15(18)13(10-22)17(23)21(14)8-11-4-6-12(24-2)7-5-11;1-3-22-7-11-14(21-22)13(17)12(16(23)20-11)15-18-9-5-4-8(24-2)6-10(9)19-15;1-10-5-2-3-6(8)7(9)4-5;1-5(7)6-8-3-2-4-9-6;;;/h5-11,13H,4,12H2,1-3H3,(H,26,27);5-12,25H,4H2,1-3H3,(H,26,27)(H,28,31);4-7,9-10H,3,8H2,1-2H3;4-7H,3H2,1-2H3,(H,18,19)(H,20,23);2-4H,8-9H2,1H3;2-5H,7H2,1H3;1H;2*1H2/t;12-;;;;5-;;;/m.0...0.../s1. The zero-order valence-electron chi connectivity index (χ0n) is 75.2. The minimum atomic E-state index is -0.422. The summed E-state index contributed by atoms with van der Waals surface area (Å²) in [6, 6.07) is 39.8. The third-order valence-electron chi connectivity index (χ3n) is 21.1. The molecule has 0 aliphatic carbocycles. The van der Waals surface area contributed by atoms with E-state index in [-0.39, 0.29) is 99.9 Å². The Kier molecular flexibility index (Phi) is 33.7. The largest absolute Gasteiger partial charge is 0.497 e. The maximum absolute atomic E-state index is 13.8. The van der Waals surface area contributed by atoms with Gasteiger partial charge in [0.1, 0.15) is 108 Å². The van der Waals surface area contributed by atoms with Crippen molar-refractivity contribution >= 4 is 175 Å². The third kappa shape index (κ3) is 22.3. The lowest BCUT2D eigenvalue weighted by atomic mass is 10.1. The number of hydrogen-bond donors (Lipinski definition) is 9. The number of rotatable bonds is 22. The fraction of sp³-hybridized carbons (Fsp3) is 0.217. The van der Waals surface area contributed by atoms with E-state index in [0.29, 0.717) is 164 Å². The molecule has 0 aliphatic heterocycles. The van der Waals surface area contributed by atoms with Gasteiger partial charge in [0.25, 0.3) is 22.2 Å². The second-order valence-electron chi connectivity index (χ2n) is 29.6. The van der Waals surface area contributed by atoms with Crippen LogP contribution in [0.3, 0.4) is 0 Å². The minimum absolute atomic E-state index is 0. The number of imidazole rings is 3. The number of carbonyl (C=O) groups is 1. The molecule has 13 aromatic heterocycles.